The summed E-state index contributed by atoms with van der Waals surface area (Å²) in [7, 11) is 0. The lowest BCUT2D eigenvalue weighted by Crippen LogP contribution is -2.46. The number of nitrogens with two attached hydrogens (primary N) is 1. The third-order valence-electron chi connectivity index (χ3n) is 4.42. The summed E-state index contributed by atoms with van der Waals surface area (Å²) in [5, 5.41) is 0. The number of Topliss-reactive ketones (excluding diaryl/α,β-unsaturated/α-hetero) is 1. The number of ketones is 1. The van der Waals surface area contributed by atoms with Gasteiger partial charge in [-0.05, 0) is 42.8 Å². The Kier molecular flexibility index (Phi) is 4.81. The van der Waals surface area contributed by atoms with Gasteiger partial charge in [0.1, 0.15) is 5.82 Å². The van der Waals surface area contributed by atoms with Gasteiger partial charge in [0.25, 0.3) is 0 Å². The van der Waals surface area contributed by atoms with E-state index in [1.165, 1.54) is 18.6 Å². The number of nitrogen functional groups attached to an aromatic ring is 1. The summed E-state index contributed by atoms with van der Waals surface area (Å²) in [6.07, 6.45) is 0. The number of carbonyl (C=O) groups is 1. The summed E-state index contributed by atoms with van der Waals surface area (Å²) in [6.45, 7) is 5.55. The lowest BCUT2D eigenvalue weighted by Gasteiger charge is -2.36. The molecular weight excluding hydrogens is 305 g/mol. The van der Waals surface area contributed by atoms with Gasteiger partial charge in [0, 0.05) is 44.0 Å². The average Bonchev–Trinajstić information content (AvgIpc) is 2.55. The number of carbonyl (C=O) groups excluding carboxylic acids is 1. The molecule has 1 saturated heterocycles. The Balaban J connectivity index is 1.62. The molecule has 0 bridgehead atoms. The number of hydrogen-bond acceptors (Lipinski definition) is 4. The Bertz CT molecular complexity index is 739. The zero-order valence-corrected chi connectivity index (χ0v) is 13.8. The Hall–Kier alpha value is -2.40. The van der Waals surface area contributed by atoms with Crippen molar-refractivity contribution in [3.05, 3.63) is 59.4 Å². The summed E-state index contributed by atoms with van der Waals surface area (Å²) in [4.78, 5) is 15.7. The molecule has 0 aromatic heterocycles. The lowest BCUT2D eigenvalue weighted by molar-refractivity contribution is 0.101. The highest BCUT2D eigenvalue weighted by Crippen LogP contribution is 2.23. The molecule has 126 valence electrons. The van der Waals surface area contributed by atoms with Gasteiger partial charge < -0.3 is 10.6 Å². The fraction of sp³-hybridized carbons (Fsp3) is 0.316. The Morgan fingerprint density at radius 1 is 1.12 bits per heavy atom. The minimum absolute atomic E-state index is 0.118. The monoisotopic (exact) mass is 327 g/mol. The molecule has 0 aliphatic carbocycles. The standard InChI is InChI=1S/C19H22FN3O/c1-14(24)16-5-6-19(18(20)12-16)23-9-7-22(8-10-23)13-15-3-2-4-17(21)11-15/h2-6,11-12H,7-10,13,21H2,1H3. The van der Waals surface area contributed by atoms with Gasteiger partial charge in [-0.25, -0.2) is 4.39 Å². The number of halogens is 1. The number of hydrogen-bond donors (Lipinski definition) is 1. The minimum Gasteiger partial charge on any atom is -0.399 e. The van der Waals surface area contributed by atoms with E-state index in [2.05, 4.69) is 11.0 Å². The van der Waals surface area contributed by atoms with E-state index in [0.29, 0.717) is 11.3 Å². The highest BCUT2D eigenvalue weighted by atomic mass is 19.1. The van der Waals surface area contributed by atoms with Crippen LogP contribution in [-0.4, -0.2) is 36.9 Å². The summed E-state index contributed by atoms with van der Waals surface area (Å²) < 4.78 is 14.3. The van der Waals surface area contributed by atoms with Crippen LogP contribution in [-0.2, 0) is 6.54 Å². The van der Waals surface area contributed by atoms with Crippen LogP contribution >= 0.6 is 0 Å². The summed E-state index contributed by atoms with van der Waals surface area (Å²) in [5.74, 6) is -0.445. The molecule has 0 saturated carbocycles. The van der Waals surface area contributed by atoms with E-state index in [1.54, 1.807) is 12.1 Å². The number of rotatable bonds is 4. The highest BCUT2D eigenvalue weighted by molar-refractivity contribution is 5.94. The maximum absolute atomic E-state index is 14.3. The van der Waals surface area contributed by atoms with Crippen molar-refractivity contribution in [3.8, 4) is 0 Å². The van der Waals surface area contributed by atoms with Crippen LogP contribution in [0.1, 0.15) is 22.8 Å². The second kappa shape index (κ2) is 7.01. The molecular formula is C19H22FN3O. The molecule has 2 aromatic rings. The fourth-order valence-electron chi connectivity index (χ4n) is 3.08. The van der Waals surface area contributed by atoms with E-state index in [4.69, 9.17) is 5.73 Å². The zero-order chi connectivity index (χ0) is 17.1. The molecule has 0 amide bonds. The largest absolute Gasteiger partial charge is 0.399 e. The molecule has 1 aliphatic heterocycles. The van der Waals surface area contributed by atoms with Gasteiger partial charge >= 0.3 is 0 Å². The van der Waals surface area contributed by atoms with E-state index in [9.17, 15) is 9.18 Å². The van der Waals surface area contributed by atoms with E-state index in [-0.39, 0.29) is 11.6 Å². The van der Waals surface area contributed by atoms with Gasteiger partial charge in [-0.15, -0.1) is 0 Å². The van der Waals surface area contributed by atoms with Gasteiger partial charge in [0.2, 0.25) is 0 Å². The van der Waals surface area contributed by atoms with E-state index < -0.39 is 0 Å². The smallest absolute Gasteiger partial charge is 0.159 e. The minimum atomic E-state index is -0.327. The van der Waals surface area contributed by atoms with Crippen LogP contribution in [0.3, 0.4) is 0 Å². The van der Waals surface area contributed by atoms with Crippen molar-refractivity contribution in [2.45, 2.75) is 13.5 Å². The molecule has 1 fully saturated rings. The van der Waals surface area contributed by atoms with Crippen LogP contribution in [0.25, 0.3) is 0 Å². The van der Waals surface area contributed by atoms with Crippen LogP contribution in [0.2, 0.25) is 0 Å². The van der Waals surface area contributed by atoms with Crippen molar-refractivity contribution in [2.24, 2.45) is 0 Å². The molecule has 0 unspecified atom stereocenters. The van der Waals surface area contributed by atoms with Gasteiger partial charge in [-0.1, -0.05) is 12.1 Å². The molecule has 4 nitrogen and oxygen atoms in total. The maximum Gasteiger partial charge on any atom is 0.159 e. The Morgan fingerprint density at radius 3 is 2.50 bits per heavy atom. The van der Waals surface area contributed by atoms with Crippen LogP contribution in [0, 0.1) is 5.82 Å². The van der Waals surface area contributed by atoms with Crippen molar-refractivity contribution in [1.82, 2.24) is 4.90 Å². The molecule has 5 heteroatoms. The Morgan fingerprint density at radius 2 is 1.88 bits per heavy atom. The molecule has 2 N–H and O–H groups in total. The molecule has 1 aliphatic rings. The first-order valence-corrected chi connectivity index (χ1v) is 8.15. The summed E-state index contributed by atoms with van der Waals surface area (Å²) in [6, 6.07) is 12.6. The average molecular weight is 327 g/mol. The van der Waals surface area contributed by atoms with E-state index in [1.807, 2.05) is 23.1 Å². The van der Waals surface area contributed by atoms with Gasteiger partial charge in [0.15, 0.2) is 5.78 Å². The lowest BCUT2D eigenvalue weighted by atomic mass is 10.1. The quantitative estimate of drug-likeness (QED) is 0.693. The summed E-state index contributed by atoms with van der Waals surface area (Å²) in [5.41, 5.74) is 8.78. The first-order chi connectivity index (χ1) is 11.5. The molecule has 0 atom stereocenters. The molecule has 1 heterocycles. The SMILES string of the molecule is CC(=O)c1ccc(N2CCN(Cc3cccc(N)c3)CC2)c(F)c1. The predicted octanol–water partition coefficient (Wildman–Crippen LogP) is 2.93. The van der Waals surface area contributed by atoms with Crippen molar-refractivity contribution < 1.29 is 9.18 Å². The first kappa shape index (κ1) is 16.5. The maximum atomic E-state index is 14.3. The van der Waals surface area contributed by atoms with Gasteiger partial charge in [-0.3, -0.25) is 9.69 Å². The van der Waals surface area contributed by atoms with Crippen molar-refractivity contribution in [1.29, 1.82) is 0 Å². The molecule has 24 heavy (non-hydrogen) atoms. The zero-order valence-electron chi connectivity index (χ0n) is 13.8. The Labute approximate surface area is 141 Å². The second-order valence-corrected chi connectivity index (χ2v) is 6.23. The van der Waals surface area contributed by atoms with Gasteiger partial charge in [-0.2, -0.15) is 0 Å². The molecule has 3 rings (SSSR count). The summed E-state index contributed by atoms with van der Waals surface area (Å²) >= 11 is 0. The van der Waals surface area contributed by atoms with E-state index in [0.717, 1.165) is 38.4 Å². The van der Waals surface area contributed by atoms with Gasteiger partial charge in [0.05, 0.1) is 5.69 Å². The third-order valence-corrected chi connectivity index (χ3v) is 4.42. The van der Waals surface area contributed by atoms with Crippen molar-refractivity contribution in [2.75, 3.05) is 36.8 Å². The third kappa shape index (κ3) is 3.74. The second-order valence-electron chi connectivity index (χ2n) is 6.23. The predicted molar refractivity (Wildman–Crippen MR) is 94.7 cm³/mol. The highest BCUT2D eigenvalue weighted by Gasteiger charge is 2.20. The van der Waals surface area contributed by atoms with Crippen LogP contribution in [0.5, 0.6) is 0 Å². The van der Waals surface area contributed by atoms with Crippen LogP contribution in [0.15, 0.2) is 42.5 Å². The van der Waals surface area contributed by atoms with Crippen molar-refractivity contribution >= 4 is 17.2 Å². The van der Waals surface area contributed by atoms with Crippen molar-refractivity contribution in [3.63, 3.8) is 0 Å². The van der Waals surface area contributed by atoms with E-state index >= 15 is 0 Å². The molecule has 0 spiro atoms. The molecule has 2 aromatic carbocycles. The normalized spacial score (nSPS) is 15.5. The van der Waals surface area contributed by atoms with Crippen LogP contribution in [0.4, 0.5) is 15.8 Å². The molecule has 0 radical (unpaired) electrons. The van der Waals surface area contributed by atoms with Crippen LogP contribution < -0.4 is 10.6 Å². The first-order valence-electron chi connectivity index (χ1n) is 8.15. The number of benzene rings is 2. The number of piperazine rings is 1. The number of nitrogens with zero attached hydrogens (tertiary/aromatic N) is 2. The fourth-order valence-corrected chi connectivity index (χ4v) is 3.08. The topological polar surface area (TPSA) is 49.6 Å². The number of anilines is 2.